The van der Waals surface area contributed by atoms with E-state index in [2.05, 4.69) is 56.4 Å². The number of fused-ring (bicyclic) bond motifs is 2. The zero-order valence-electron chi connectivity index (χ0n) is 17.5. The van der Waals surface area contributed by atoms with E-state index < -0.39 is 0 Å². The van der Waals surface area contributed by atoms with Gasteiger partial charge in [-0.25, -0.2) is 4.98 Å². The molecule has 5 aromatic rings. The number of rotatable bonds is 5. The lowest BCUT2D eigenvalue weighted by Gasteiger charge is -2.11. The van der Waals surface area contributed by atoms with Crippen LogP contribution in [0.15, 0.2) is 79.3 Å². The zero-order valence-corrected chi connectivity index (χ0v) is 17.5. The van der Waals surface area contributed by atoms with Gasteiger partial charge in [-0.2, -0.15) is 5.10 Å². The molecule has 0 radical (unpaired) electrons. The fraction of sp³-hybridized carbons (Fsp3) is 0.120. The SMILES string of the molecule is Cn1cc(-c2cc3cnc(Nc4ccc5c(c4)OCO5)cc3n2Cc2ccccc2)cn1. The van der Waals surface area contributed by atoms with Crippen LogP contribution < -0.4 is 14.8 Å². The number of benzene rings is 2. The van der Waals surface area contributed by atoms with E-state index in [9.17, 15) is 0 Å². The minimum atomic E-state index is 0.257. The Hall–Kier alpha value is -4.26. The Kier molecular flexibility index (Phi) is 4.31. The second-order valence-corrected chi connectivity index (χ2v) is 7.83. The Morgan fingerprint density at radius 3 is 2.69 bits per heavy atom. The van der Waals surface area contributed by atoms with Crippen molar-refractivity contribution in [3.05, 3.63) is 84.8 Å². The van der Waals surface area contributed by atoms with Gasteiger partial charge >= 0.3 is 0 Å². The van der Waals surface area contributed by atoms with Gasteiger partial charge in [0, 0.05) is 54.8 Å². The Labute approximate surface area is 184 Å². The third-order valence-corrected chi connectivity index (χ3v) is 5.61. The molecule has 7 heteroatoms. The molecule has 0 saturated heterocycles. The number of hydrogen-bond acceptors (Lipinski definition) is 5. The largest absolute Gasteiger partial charge is 0.454 e. The highest BCUT2D eigenvalue weighted by molar-refractivity contribution is 5.88. The molecule has 4 heterocycles. The maximum absolute atomic E-state index is 5.49. The van der Waals surface area contributed by atoms with E-state index in [1.165, 1.54) is 5.56 Å². The standard InChI is InChI=1S/C25H21N5O2/c1-29-15-19(13-27-29)21-9-18-12-26-25(28-20-7-8-23-24(10-20)32-16-31-23)11-22(18)30(21)14-17-5-3-2-4-6-17/h2-13,15H,14,16H2,1H3,(H,26,28). The van der Waals surface area contributed by atoms with E-state index in [4.69, 9.17) is 9.47 Å². The van der Waals surface area contributed by atoms with Gasteiger partial charge in [0.2, 0.25) is 6.79 Å². The van der Waals surface area contributed by atoms with E-state index in [1.54, 1.807) is 0 Å². The van der Waals surface area contributed by atoms with Crippen LogP contribution in [0.5, 0.6) is 11.5 Å². The highest BCUT2D eigenvalue weighted by atomic mass is 16.7. The van der Waals surface area contributed by atoms with Gasteiger partial charge in [0.05, 0.1) is 17.4 Å². The van der Waals surface area contributed by atoms with Crippen molar-refractivity contribution in [3.63, 3.8) is 0 Å². The molecule has 0 spiro atoms. The maximum atomic E-state index is 5.49. The van der Waals surface area contributed by atoms with Crippen LogP contribution in [0.4, 0.5) is 11.5 Å². The van der Waals surface area contributed by atoms with Crippen molar-refractivity contribution in [3.8, 4) is 22.8 Å². The van der Waals surface area contributed by atoms with E-state index in [0.29, 0.717) is 0 Å². The van der Waals surface area contributed by atoms with Gasteiger partial charge in [-0.3, -0.25) is 4.68 Å². The first-order valence-corrected chi connectivity index (χ1v) is 10.4. The number of aromatic nitrogens is 4. The second kappa shape index (κ2) is 7.46. The van der Waals surface area contributed by atoms with E-state index in [-0.39, 0.29) is 6.79 Å². The fourth-order valence-electron chi connectivity index (χ4n) is 4.07. The van der Waals surface area contributed by atoms with Crippen LogP contribution >= 0.6 is 0 Å². The number of aryl methyl sites for hydroxylation is 1. The Bertz CT molecular complexity index is 1420. The molecule has 32 heavy (non-hydrogen) atoms. The van der Waals surface area contributed by atoms with Crippen molar-refractivity contribution in [2.45, 2.75) is 6.54 Å². The highest BCUT2D eigenvalue weighted by Gasteiger charge is 2.16. The minimum absolute atomic E-state index is 0.257. The van der Waals surface area contributed by atoms with Crippen LogP contribution in [0.1, 0.15) is 5.56 Å². The second-order valence-electron chi connectivity index (χ2n) is 7.83. The maximum Gasteiger partial charge on any atom is 0.231 e. The normalized spacial score (nSPS) is 12.4. The molecular formula is C25H21N5O2. The number of pyridine rings is 1. The molecular weight excluding hydrogens is 402 g/mol. The Morgan fingerprint density at radius 1 is 0.969 bits per heavy atom. The first-order chi connectivity index (χ1) is 15.7. The summed E-state index contributed by atoms with van der Waals surface area (Å²) in [5.41, 5.74) is 5.42. The van der Waals surface area contributed by atoms with E-state index in [1.807, 2.05) is 54.6 Å². The summed E-state index contributed by atoms with van der Waals surface area (Å²) in [4.78, 5) is 4.64. The van der Waals surface area contributed by atoms with Crippen molar-refractivity contribution < 1.29 is 9.47 Å². The molecule has 1 N–H and O–H groups in total. The molecule has 6 rings (SSSR count). The third kappa shape index (κ3) is 3.33. The lowest BCUT2D eigenvalue weighted by Crippen LogP contribution is -2.02. The molecule has 3 aromatic heterocycles. The first kappa shape index (κ1) is 18.5. The number of ether oxygens (including phenoxy) is 2. The van der Waals surface area contributed by atoms with E-state index in [0.717, 1.165) is 51.7 Å². The molecule has 0 bridgehead atoms. The smallest absolute Gasteiger partial charge is 0.231 e. The number of nitrogens with zero attached hydrogens (tertiary/aromatic N) is 4. The lowest BCUT2D eigenvalue weighted by molar-refractivity contribution is 0.174. The minimum Gasteiger partial charge on any atom is -0.454 e. The highest BCUT2D eigenvalue weighted by Crippen LogP contribution is 2.35. The number of nitrogens with one attached hydrogen (secondary N) is 1. The van der Waals surface area contributed by atoms with Crippen molar-refractivity contribution in [2.75, 3.05) is 12.1 Å². The predicted octanol–water partition coefficient (Wildman–Crippen LogP) is 4.96. The summed E-state index contributed by atoms with van der Waals surface area (Å²) in [6.07, 6.45) is 5.84. The van der Waals surface area contributed by atoms with Gasteiger partial charge in [-0.05, 0) is 23.8 Å². The van der Waals surface area contributed by atoms with Crippen LogP contribution in [0.25, 0.3) is 22.2 Å². The monoisotopic (exact) mass is 423 g/mol. The summed E-state index contributed by atoms with van der Waals surface area (Å²) in [5, 5.41) is 8.84. The van der Waals surface area contributed by atoms with Crippen molar-refractivity contribution >= 4 is 22.4 Å². The van der Waals surface area contributed by atoms with Crippen molar-refractivity contribution in [1.82, 2.24) is 19.3 Å². The molecule has 158 valence electrons. The molecule has 1 aliphatic heterocycles. The average Bonchev–Trinajstić information content (AvgIpc) is 3.53. The quantitative estimate of drug-likeness (QED) is 0.433. The Morgan fingerprint density at radius 2 is 1.84 bits per heavy atom. The topological polar surface area (TPSA) is 66.1 Å². The number of anilines is 2. The van der Waals surface area contributed by atoms with Crippen LogP contribution in [0, 0.1) is 0 Å². The van der Waals surface area contributed by atoms with Crippen LogP contribution in [-0.2, 0) is 13.6 Å². The van der Waals surface area contributed by atoms with Gasteiger partial charge in [0.1, 0.15) is 5.82 Å². The van der Waals surface area contributed by atoms with Gasteiger partial charge in [0.25, 0.3) is 0 Å². The Balaban J connectivity index is 1.42. The summed E-state index contributed by atoms with van der Waals surface area (Å²) in [6.45, 7) is 1.01. The van der Waals surface area contributed by atoms with Crippen molar-refractivity contribution in [1.29, 1.82) is 0 Å². The van der Waals surface area contributed by atoms with Crippen LogP contribution in [-0.4, -0.2) is 26.1 Å². The molecule has 0 aliphatic carbocycles. The summed E-state index contributed by atoms with van der Waals surface area (Å²) < 4.78 is 15.0. The first-order valence-electron chi connectivity index (χ1n) is 10.4. The number of hydrogen-bond donors (Lipinski definition) is 1. The predicted molar refractivity (Wildman–Crippen MR) is 123 cm³/mol. The summed E-state index contributed by atoms with van der Waals surface area (Å²) >= 11 is 0. The van der Waals surface area contributed by atoms with Gasteiger partial charge in [-0.1, -0.05) is 30.3 Å². The third-order valence-electron chi connectivity index (χ3n) is 5.61. The van der Waals surface area contributed by atoms with Gasteiger partial charge in [0.15, 0.2) is 11.5 Å². The van der Waals surface area contributed by atoms with Crippen LogP contribution in [0.3, 0.4) is 0 Å². The molecule has 0 unspecified atom stereocenters. The van der Waals surface area contributed by atoms with Gasteiger partial charge < -0.3 is 19.4 Å². The molecule has 7 nitrogen and oxygen atoms in total. The van der Waals surface area contributed by atoms with Gasteiger partial charge in [-0.15, -0.1) is 0 Å². The zero-order chi connectivity index (χ0) is 21.5. The molecule has 0 atom stereocenters. The molecule has 1 aliphatic rings. The summed E-state index contributed by atoms with van der Waals surface area (Å²) in [6, 6.07) is 20.5. The molecule has 0 fully saturated rings. The molecule has 2 aromatic carbocycles. The molecule has 0 amide bonds. The fourth-order valence-corrected chi connectivity index (χ4v) is 4.07. The lowest BCUT2D eigenvalue weighted by atomic mass is 10.2. The molecule has 0 saturated carbocycles. The average molecular weight is 423 g/mol. The summed E-state index contributed by atoms with van der Waals surface area (Å²) in [7, 11) is 1.93. The summed E-state index contributed by atoms with van der Waals surface area (Å²) in [5.74, 6) is 2.26. The van der Waals surface area contributed by atoms with E-state index >= 15 is 0 Å². The van der Waals surface area contributed by atoms with Crippen LogP contribution in [0.2, 0.25) is 0 Å². The van der Waals surface area contributed by atoms with Crippen molar-refractivity contribution in [2.24, 2.45) is 7.05 Å².